The summed E-state index contributed by atoms with van der Waals surface area (Å²) >= 11 is 0. The van der Waals surface area contributed by atoms with Gasteiger partial charge >= 0.3 is 0 Å². The van der Waals surface area contributed by atoms with Crippen molar-refractivity contribution in [3.05, 3.63) is 23.3 Å². The summed E-state index contributed by atoms with van der Waals surface area (Å²) in [6.07, 6.45) is 4.87. The first kappa shape index (κ1) is 6.27. The molecule has 0 N–H and O–H groups in total. The highest BCUT2D eigenvalue weighted by molar-refractivity contribution is 5.96. The maximum atomic E-state index is 10.7. The van der Waals surface area contributed by atoms with Gasteiger partial charge in [-0.25, -0.2) is 0 Å². The average molecular weight is 122 g/mol. The number of rotatable bonds is 1. The number of hydrogen-bond donors (Lipinski definition) is 0. The van der Waals surface area contributed by atoms with Crippen molar-refractivity contribution in [3.63, 3.8) is 0 Å². The molecule has 1 aliphatic rings. The van der Waals surface area contributed by atoms with Crippen LogP contribution in [0.4, 0.5) is 0 Å². The summed E-state index contributed by atoms with van der Waals surface area (Å²) in [5.41, 5.74) is 2.15. The second-order valence-electron chi connectivity index (χ2n) is 2.41. The van der Waals surface area contributed by atoms with Crippen LogP contribution in [0.1, 0.15) is 20.3 Å². The molecule has 1 nitrogen and oxygen atoms in total. The van der Waals surface area contributed by atoms with Crippen molar-refractivity contribution in [2.75, 3.05) is 0 Å². The Labute approximate surface area is 55.1 Å². The minimum atomic E-state index is 0.173. The van der Waals surface area contributed by atoms with Crippen molar-refractivity contribution < 1.29 is 4.79 Å². The molecule has 0 saturated heterocycles. The normalized spacial score (nSPS) is 17.1. The third-order valence-electron chi connectivity index (χ3n) is 1.45. The third-order valence-corrected chi connectivity index (χ3v) is 1.45. The summed E-state index contributed by atoms with van der Waals surface area (Å²) in [7, 11) is 0. The summed E-state index contributed by atoms with van der Waals surface area (Å²) in [5, 5.41) is 0. The molecule has 0 aromatic carbocycles. The molecule has 0 aromatic rings. The van der Waals surface area contributed by atoms with Crippen LogP contribution in [0.15, 0.2) is 23.3 Å². The van der Waals surface area contributed by atoms with E-state index in [1.807, 2.05) is 19.1 Å². The number of Topliss-reactive ketones (excluding diaryl/α,β-unsaturated/α-hetero) is 1. The minimum absolute atomic E-state index is 0.173. The average Bonchev–Trinajstić information content (AvgIpc) is 2.14. The van der Waals surface area contributed by atoms with Crippen molar-refractivity contribution in [1.29, 1.82) is 0 Å². The van der Waals surface area contributed by atoms with Crippen LogP contribution >= 0.6 is 0 Å². The summed E-state index contributed by atoms with van der Waals surface area (Å²) in [4.78, 5) is 10.7. The van der Waals surface area contributed by atoms with Crippen LogP contribution in [0.2, 0.25) is 0 Å². The lowest BCUT2D eigenvalue weighted by atomic mass is 10.2. The molecule has 1 rings (SSSR count). The van der Waals surface area contributed by atoms with E-state index in [-0.39, 0.29) is 5.78 Å². The van der Waals surface area contributed by atoms with Crippen LogP contribution in [-0.4, -0.2) is 5.78 Å². The Morgan fingerprint density at radius 3 is 2.56 bits per heavy atom. The van der Waals surface area contributed by atoms with Crippen molar-refractivity contribution in [2.45, 2.75) is 20.3 Å². The molecule has 0 amide bonds. The fraction of sp³-hybridized carbons (Fsp3) is 0.375. The lowest BCUT2D eigenvalue weighted by Crippen LogP contribution is -1.89. The molecular formula is C8H10O. The highest BCUT2D eigenvalue weighted by Gasteiger charge is 2.05. The molecular weight excluding hydrogens is 112 g/mol. The second-order valence-corrected chi connectivity index (χ2v) is 2.41. The van der Waals surface area contributed by atoms with E-state index >= 15 is 0 Å². The van der Waals surface area contributed by atoms with Crippen molar-refractivity contribution in [3.8, 4) is 0 Å². The predicted octanol–water partition coefficient (Wildman–Crippen LogP) is 1.85. The fourth-order valence-corrected chi connectivity index (χ4v) is 0.900. The van der Waals surface area contributed by atoms with Gasteiger partial charge in [-0.1, -0.05) is 17.7 Å². The Hall–Kier alpha value is -0.850. The van der Waals surface area contributed by atoms with E-state index in [1.165, 1.54) is 5.57 Å². The second kappa shape index (κ2) is 2.18. The van der Waals surface area contributed by atoms with E-state index in [0.29, 0.717) is 0 Å². The molecule has 0 heterocycles. The molecule has 0 bridgehead atoms. The number of hydrogen-bond acceptors (Lipinski definition) is 1. The van der Waals surface area contributed by atoms with E-state index in [1.54, 1.807) is 6.92 Å². The number of carbonyl (C=O) groups excluding carboxylic acids is 1. The lowest BCUT2D eigenvalue weighted by molar-refractivity contribution is -0.113. The first-order chi connectivity index (χ1) is 4.20. The summed E-state index contributed by atoms with van der Waals surface area (Å²) in [6.45, 7) is 3.63. The maximum absolute atomic E-state index is 10.7. The summed E-state index contributed by atoms with van der Waals surface area (Å²) in [6, 6.07) is 0. The van der Waals surface area contributed by atoms with Gasteiger partial charge in [-0.15, -0.1) is 0 Å². The molecule has 0 atom stereocenters. The van der Waals surface area contributed by atoms with Crippen molar-refractivity contribution >= 4 is 5.78 Å². The predicted molar refractivity (Wildman–Crippen MR) is 37.1 cm³/mol. The number of ketones is 1. The lowest BCUT2D eigenvalue weighted by Gasteiger charge is -1.85. The standard InChI is InChI=1S/C8H10O/c1-6-3-4-8(5-6)7(2)9/h4-5H,3H2,1-2H3. The highest BCUT2D eigenvalue weighted by atomic mass is 16.1. The molecule has 48 valence electrons. The number of allylic oxidation sites excluding steroid dienone is 4. The molecule has 1 aliphatic carbocycles. The van der Waals surface area contributed by atoms with Gasteiger partial charge in [-0.3, -0.25) is 4.79 Å². The third kappa shape index (κ3) is 1.28. The van der Waals surface area contributed by atoms with E-state index in [2.05, 4.69) is 0 Å². The first-order valence-electron chi connectivity index (χ1n) is 3.08. The van der Waals surface area contributed by atoms with Crippen LogP contribution in [0.3, 0.4) is 0 Å². The molecule has 0 radical (unpaired) electrons. The van der Waals surface area contributed by atoms with Crippen LogP contribution in [0.25, 0.3) is 0 Å². The number of carbonyl (C=O) groups is 1. The molecule has 1 heteroatoms. The van der Waals surface area contributed by atoms with Crippen LogP contribution in [0, 0.1) is 0 Å². The summed E-state index contributed by atoms with van der Waals surface area (Å²) < 4.78 is 0. The first-order valence-corrected chi connectivity index (χ1v) is 3.08. The van der Waals surface area contributed by atoms with E-state index in [9.17, 15) is 4.79 Å². The van der Waals surface area contributed by atoms with Gasteiger partial charge in [-0.05, 0) is 20.3 Å². The topological polar surface area (TPSA) is 17.1 Å². The van der Waals surface area contributed by atoms with E-state index in [4.69, 9.17) is 0 Å². The van der Waals surface area contributed by atoms with Crippen LogP contribution in [0.5, 0.6) is 0 Å². The van der Waals surface area contributed by atoms with Gasteiger partial charge in [0.15, 0.2) is 5.78 Å². The van der Waals surface area contributed by atoms with E-state index in [0.717, 1.165) is 12.0 Å². The monoisotopic (exact) mass is 122 g/mol. The van der Waals surface area contributed by atoms with Gasteiger partial charge in [0.1, 0.15) is 0 Å². The SMILES string of the molecule is CC(=O)C1=CCC(C)=C1. The largest absolute Gasteiger partial charge is 0.295 e. The molecule has 0 fully saturated rings. The van der Waals surface area contributed by atoms with Gasteiger partial charge < -0.3 is 0 Å². The molecule has 0 unspecified atom stereocenters. The molecule has 0 spiro atoms. The zero-order chi connectivity index (χ0) is 6.85. The Balaban J connectivity index is 2.75. The molecule has 0 aliphatic heterocycles. The van der Waals surface area contributed by atoms with Gasteiger partial charge in [0.2, 0.25) is 0 Å². The van der Waals surface area contributed by atoms with Crippen molar-refractivity contribution in [1.82, 2.24) is 0 Å². The zero-order valence-electron chi connectivity index (χ0n) is 5.77. The van der Waals surface area contributed by atoms with Crippen LogP contribution in [-0.2, 0) is 4.79 Å². The summed E-state index contributed by atoms with van der Waals surface area (Å²) in [5.74, 6) is 0.173. The Morgan fingerprint density at radius 1 is 1.67 bits per heavy atom. The minimum Gasteiger partial charge on any atom is -0.295 e. The van der Waals surface area contributed by atoms with Gasteiger partial charge in [0.05, 0.1) is 0 Å². The van der Waals surface area contributed by atoms with E-state index < -0.39 is 0 Å². The zero-order valence-corrected chi connectivity index (χ0v) is 5.77. The van der Waals surface area contributed by atoms with Gasteiger partial charge in [0, 0.05) is 5.57 Å². The molecule has 0 saturated carbocycles. The quantitative estimate of drug-likeness (QED) is 0.518. The van der Waals surface area contributed by atoms with Gasteiger partial charge in [0.25, 0.3) is 0 Å². The Kier molecular flexibility index (Phi) is 1.52. The van der Waals surface area contributed by atoms with Crippen LogP contribution < -0.4 is 0 Å². The van der Waals surface area contributed by atoms with Crippen molar-refractivity contribution in [2.24, 2.45) is 0 Å². The fourth-order valence-electron chi connectivity index (χ4n) is 0.900. The smallest absolute Gasteiger partial charge is 0.159 e. The van der Waals surface area contributed by atoms with Gasteiger partial charge in [-0.2, -0.15) is 0 Å². The Bertz CT molecular complexity index is 197. The molecule has 9 heavy (non-hydrogen) atoms. The Morgan fingerprint density at radius 2 is 2.33 bits per heavy atom. The maximum Gasteiger partial charge on any atom is 0.159 e. The molecule has 0 aromatic heterocycles. The highest BCUT2D eigenvalue weighted by Crippen LogP contribution is 2.16.